The van der Waals surface area contributed by atoms with Gasteiger partial charge in [-0.1, -0.05) is 42.5 Å². The van der Waals surface area contributed by atoms with Gasteiger partial charge in [-0.2, -0.15) is 4.72 Å². The van der Waals surface area contributed by atoms with Crippen LogP contribution in [0.3, 0.4) is 0 Å². The molecule has 5 rings (SSSR count). The molecule has 0 saturated heterocycles. The minimum atomic E-state index is -4.03. The van der Waals surface area contributed by atoms with Gasteiger partial charge in [0.2, 0.25) is 21.8 Å². The number of nitrogens with one attached hydrogen (secondary N) is 3. The van der Waals surface area contributed by atoms with Crippen molar-refractivity contribution in [3.63, 3.8) is 0 Å². The lowest BCUT2D eigenvalue weighted by Crippen LogP contribution is -2.50. The van der Waals surface area contributed by atoms with Crippen LogP contribution in [0.5, 0.6) is 11.5 Å². The minimum Gasteiger partial charge on any atom is -0.486 e. The molecule has 0 bridgehead atoms. The van der Waals surface area contributed by atoms with Crippen LogP contribution in [-0.4, -0.2) is 45.5 Å². The van der Waals surface area contributed by atoms with Crippen LogP contribution in [0.25, 0.3) is 0 Å². The van der Waals surface area contributed by atoms with Gasteiger partial charge in [-0.15, -0.1) is 0 Å². The molecule has 2 heterocycles. The first-order chi connectivity index (χ1) is 17.9. The highest BCUT2D eigenvalue weighted by molar-refractivity contribution is 7.89. The van der Waals surface area contributed by atoms with Crippen molar-refractivity contribution >= 4 is 27.5 Å². The number of hydrogen-bond acceptors (Lipinski definition) is 6. The van der Waals surface area contributed by atoms with E-state index in [2.05, 4.69) is 15.4 Å². The first kappa shape index (κ1) is 24.8. The Bertz CT molecular complexity index is 1410. The minimum absolute atomic E-state index is 0.0360. The zero-order valence-electron chi connectivity index (χ0n) is 20.0. The normalized spacial score (nSPS) is 17.3. The summed E-state index contributed by atoms with van der Waals surface area (Å²) >= 11 is 0. The van der Waals surface area contributed by atoms with Crippen molar-refractivity contribution in [2.45, 2.75) is 36.3 Å². The van der Waals surface area contributed by atoms with Crippen molar-refractivity contribution < 1.29 is 27.5 Å². The number of amides is 2. The van der Waals surface area contributed by atoms with Gasteiger partial charge in [-0.05, 0) is 54.3 Å². The predicted molar refractivity (Wildman–Crippen MR) is 137 cm³/mol. The number of para-hydroxylation sites is 2. The Morgan fingerprint density at radius 2 is 1.76 bits per heavy atom. The summed E-state index contributed by atoms with van der Waals surface area (Å²) in [5.41, 5.74) is 2.15. The summed E-state index contributed by atoms with van der Waals surface area (Å²) in [5, 5.41) is 5.56. The van der Waals surface area contributed by atoms with E-state index in [4.69, 9.17) is 9.47 Å². The molecular weight excluding hydrogens is 494 g/mol. The second-order valence-corrected chi connectivity index (χ2v) is 10.7. The summed E-state index contributed by atoms with van der Waals surface area (Å²) in [4.78, 5) is 24.9. The summed E-state index contributed by atoms with van der Waals surface area (Å²) < 4.78 is 40.8. The number of carbonyl (C=O) groups excluding carboxylic acids is 2. The van der Waals surface area contributed by atoms with Gasteiger partial charge in [0.25, 0.3) is 0 Å². The number of sulfonamides is 1. The van der Waals surface area contributed by atoms with Gasteiger partial charge < -0.3 is 20.1 Å². The molecule has 2 aliphatic heterocycles. The van der Waals surface area contributed by atoms with Crippen molar-refractivity contribution in [2.24, 2.45) is 0 Å². The van der Waals surface area contributed by atoms with Crippen LogP contribution in [0.2, 0.25) is 0 Å². The average Bonchev–Trinajstić information content (AvgIpc) is 2.91. The largest absolute Gasteiger partial charge is 0.486 e. The molecule has 0 saturated carbocycles. The molecule has 3 N–H and O–H groups in total. The number of carbonyl (C=O) groups is 2. The average molecular weight is 522 g/mol. The number of benzene rings is 3. The lowest BCUT2D eigenvalue weighted by atomic mass is 10.0. The Kier molecular flexibility index (Phi) is 7.11. The summed E-state index contributed by atoms with van der Waals surface area (Å²) in [6.07, 6.45) is 0.493. The SMILES string of the molecule is O=C1CCc2cc(S(=O)(=O)N[C@@H](Cc3ccccc3)C(=O)NC[C@@H]3COc4ccccc4O3)ccc2N1. The van der Waals surface area contributed by atoms with Crippen molar-refractivity contribution in [1.29, 1.82) is 0 Å². The highest BCUT2D eigenvalue weighted by Crippen LogP contribution is 2.30. The molecule has 3 aromatic rings. The molecule has 0 fully saturated rings. The molecular formula is C27H27N3O6S. The molecule has 0 aromatic heterocycles. The Hall–Kier alpha value is -3.89. The van der Waals surface area contributed by atoms with Crippen LogP contribution < -0.4 is 24.8 Å². The molecule has 0 radical (unpaired) electrons. The van der Waals surface area contributed by atoms with Crippen molar-refractivity contribution in [1.82, 2.24) is 10.0 Å². The summed E-state index contributed by atoms with van der Waals surface area (Å²) in [7, 11) is -4.03. The predicted octanol–water partition coefficient (Wildman–Crippen LogP) is 2.42. The highest BCUT2D eigenvalue weighted by Gasteiger charge is 2.29. The smallest absolute Gasteiger partial charge is 0.241 e. The van der Waals surface area contributed by atoms with E-state index >= 15 is 0 Å². The molecule has 192 valence electrons. The van der Waals surface area contributed by atoms with E-state index in [0.29, 0.717) is 30.0 Å². The zero-order chi connectivity index (χ0) is 25.8. The van der Waals surface area contributed by atoms with Gasteiger partial charge >= 0.3 is 0 Å². The Morgan fingerprint density at radius 3 is 2.57 bits per heavy atom. The molecule has 3 aromatic carbocycles. The third-order valence-electron chi connectivity index (χ3n) is 6.25. The fraction of sp³-hybridized carbons (Fsp3) is 0.259. The van der Waals surface area contributed by atoms with E-state index in [1.807, 2.05) is 48.5 Å². The van der Waals surface area contributed by atoms with Crippen LogP contribution >= 0.6 is 0 Å². The maximum Gasteiger partial charge on any atom is 0.241 e. The number of hydrogen-bond donors (Lipinski definition) is 3. The molecule has 9 nitrogen and oxygen atoms in total. The molecule has 0 aliphatic carbocycles. The van der Waals surface area contributed by atoms with E-state index in [1.165, 1.54) is 6.07 Å². The van der Waals surface area contributed by atoms with Crippen LogP contribution in [0.1, 0.15) is 17.5 Å². The second kappa shape index (κ2) is 10.6. The fourth-order valence-electron chi connectivity index (χ4n) is 4.32. The standard InChI is InChI=1S/C27H27N3O6S/c31-26-13-10-19-15-21(11-12-22(19)29-26)37(33,34)30-23(14-18-6-2-1-3-7-18)27(32)28-16-20-17-35-24-8-4-5-9-25(24)36-20/h1-9,11-12,15,20,23,30H,10,13-14,16-17H2,(H,28,32)(H,29,31)/t20-,23+/m1/s1. The van der Waals surface area contributed by atoms with Gasteiger partial charge in [-0.3, -0.25) is 9.59 Å². The van der Waals surface area contributed by atoms with Gasteiger partial charge in [0.05, 0.1) is 11.4 Å². The molecule has 37 heavy (non-hydrogen) atoms. The first-order valence-corrected chi connectivity index (χ1v) is 13.5. The van der Waals surface area contributed by atoms with Crippen LogP contribution in [0.4, 0.5) is 5.69 Å². The molecule has 2 aliphatic rings. The van der Waals surface area contributed by atoms with Crippen molar-refractivity contribution in [2.75, 3.05) is 18.5 Å². The Balaban J connectivity index is 1.30. The second-order valence-electron chi connectivity index (χ2n) is 8.97. The molecule has 2 atom stereocenters. The maximum atomic E-state index is 13.3. The number of ether oxygens (including phenoxy) is 2. The number of rotatable bonds is 8. The monoisotopic (exact) mass is 521 g/mol. The van der Waals surface area contributed by atoms with E-state index in [9.17, 15) is 18.0 Å². The van der Waals surface area contributed by atoms with Gasteiger partial charge in [-0.25, -0.2) is 8.42 Å². The number of fused-ring (bicyclic) bond motifs is 2. The van der Waals surface area contributed by atoms with Crippen LogP contribution in [0, 0.1) is 0 Å². The molecule has 0 unspecified atom stereocenters. The summed E-state index contributed by atoms with van der Waals surface area (Å²) in [6, 6.07) is 20.0. The van der Waals surface area contributed by atoms with Crippen molar-refractivity contribution in [3.8, 4) is 11.5 Å². The lowest BCUT2D eigenvalue weighted by molar-refractivity contribution is -0.123. The number of anilines is 1. The van der Waals surface area contributed by atoms with E-state index < -0.39 is 28.1 Å². The summed E-state index contributed by atoms with van der Waals surface area (Å²) in [6.45, 7) is 0.413. The highest BCUT2D eigenvalue weighted by atomic mass is 32.2. The number of aryl methyl sites for hydroxylation is 1. The van der Waals surface area contributed by atoms with E-state index in [-0.39, 0.29) is 30.4 Å². The third kappa shape index (κ3) is 5.92. The lowest BCUT2D eigenvalue weighted by Gasteiger charge is -2.27. The summed E-state index contributed by atoms with van der Waals surface area (Å²) in [5.74, 6) is 0.666. The Morgan fingerprint density at radius 1 is 1.00 bits per heavy atom. The van der Waals surface area contributed by atoms with E-state index in [0.717, 1.165) is 11.1 Å². The quantitative estimate of drug-likeness (QED) is 0.419. The zero-order valence-corrected chi connectivity index (χ0v) is 20.8. The van der Waals surface area contributed by atoms with Crippen LogP contribution in [-0.2, 0) is 32.5 Å². The molecule has 10 heteroatoms. The Labute approximate surface area is 215 Å². The molecule has 0 spiro atoms. The first-order valence-electron chi connectivity index (χ1n) is 12.0. The maximum absolute atomic E-state index is 13.3. The van der Waals surface area contributed by atoms with E-state index in [1.54, 1.807) is 18.2 Å². The van der Waals surface area contributed by atoms with Crippen molar-refractivity contribution in [3.05, 3.63) is 83.9 Å². The van der Waals surface area contributed by atoms with Crippen LogP contribution in [0.15, 0.2) is 77.7 Å². The third-order valence-corrected chi connectivity index (χ3v) is 7.72. The topological polar surface area (TPSA) is 123 Å². The molecule has 2 amide bonds. The van der Waals surface area contributed by atoms with Gasteiger partial charge in [0.1, 0.15) is 18.8 Å². The fourth-order valence-corrected chi connectivity index (χ4v) is 5.57. The van der Waals surface area contributed by atoms with Gasteiger partial charge in [0.15, 0.2) is 11.5 Å². The van der Waals surface area contributed by atoms with Gasteiger partial charge in [0, 0.05) is 12.1 Å².